The normalized spacial score (nSPS) is 24.5. The lowest BCUT2D eigenvalue weighted by atomic mass is 9.94. The molecule has 0 radical (unpaired) electrons. The zero-order valence-electron chi connectivity index (χ0n) is 10.3. The van der Waals surface area contributed by atoms with E-state index in [1.165, 1.54) is 0 Å². The van der Waals surface area contributed by atoms with Gasteiger partial charge in [0.25, 0.3) is 0 Å². The third-order valence-corrected chi connectivity index (χ3v) is 3.71. The molecule has 1 fully saturated rings. The number of nitrogens with zero attached hydrogens (tertiary/aromatic N) is 2. The van der Waals surface area contributed by atoms with E-state index in [-0.39, 0.29) is 6.04 Å². The molecular weight excluding hydrogens is 216 g/mol. The Bertz CT molecular complexity index is 407. The maximum atomic E-state index is 11.7. The van der Waals surface area contributed by atoms with E-state index in [1.54, 1.807) is 25.3 Å². The van der Waals surface area contributed by atoms with Crippen LogP contribution in [0.15, 0.2) is 24.4 Å². The molecule has 2 atom stereocenters. The first-order chi connectivity index (χ1) is 8.06. The summed E-state index contributed by atoms with van der Waals surface area (Å²) in [5, 5.41) is 9.58. The van der Waals surface area contributed by atoms with E-state index in [2.05, 4.69) is 11.9 Å². The number of pyridine rings is 1. The summed E-state index contributed by atoms with van der Waals surface area (Å²) >= 11 is 0. The molecular formula is C13H18N2O2. The summed E-state index contributed by atoms with van der Waals surface area (Å²) in [6, 6.07) is 5.72. The largest absolute Gasteiger partial charge is 0.480 e. The minimum absolute atomic E-state index is 0.290. The van der Waals surface area contributed by atoms with Gasteiger partial charge in [-0.1, -0.05) is 6.07 Å². The highest BCUT2D eigenvalue weighted by Gasteiger charge is 2.46. The highest BCUT2D eigenvalue weighted by atomic mass is 16.4. The quantitative estimate of drug-likeness (QED) is 0.867. The van der Waals surface area contributed by atoms with Crippen molar-refractivity contribution in [1.29, 1.82) is 0 Å². The second kappa shape index (κ2) is 4.45. The molecule has 0 spiro atoms. The Morgan fingerprint density at radius 3 is 2.82 bits per heavy atom. The van der Waals surface area contributed by atoms with Crippen molar-refractivity contribution in [2.24, 2.45) is 0 Å². The molecule has 2 rings (SSSR count). The number of aliphatic carboxylic acids is 1. The molecule has 0 bridgehead atoms. The first-order valence-electron chi connectivity index (χ1n) is 5.98. The molecule has 1 N–H and O–H groups in total. The van der Waals surface area contributed by atoms with Gasteiger partial charge >= 0.3 is 5.97 Å². The van der Waals surface area contributed by atoms with E-state index >= 15 is 0 Å². The molecule has 2 heterocycles. The number of likely N-dealkylation sites (tertiary alicyclic amines) is 1. The highest BCUT2D eigenvalue weighted by Crippen LogP contribution is 2.33. The van der Waals surface area contributed by atoms with Crippen molar-refractivity contribution in [1.82, 2.24) is 9.88 Å². The molecule has 17 heavy (non-hydrogen) atoms. The van der Waals surface area contributed by atoms with Gasteiger partial charge in [0.1, 0.15) is 0 Å². The highest BCUT2D eigenvalue weighted by molar-refractivity contribution is 5.79. The van der Waals surface area contributed by atoms with Gasteiger partial charge in [-0.3, -0.25) is 9.88 Å². The lowest BCUT2D eigenvalue weighted by Crippen LogP contribution is -2.51. The number of hydrogen-bond donors (Lipinski definition) is 1. The SMILES string of the molecule is CC1CCCN1C(C)(C(=O)O)c1ccccn1. The van der Waals surface area contributed by atoms with E-state index < -0.39 is 11.5 Å². The lowest BCUT2D eigenvalue weighted by molar-refractivity contribution is -0.152. The standard InChI is InChI=1S/C13H18N2O2/c1-10-6-5-9-15(10)13(2,12(16)17)11-7-3-4-8-14-11/h3-4,7-8,10H,5-6,9H2,1-2H3,(H,16,17). The fraction of sp³-hybridized carbons (Fsp3) is 0.538. The van der Waals surface area contributed by atoms with Crippen molar-refractivity contribution < 1.29 is 9.90 Å². The Morgan fingerprint density at radius 2 is 2.35 bits per heavy atom. The van der Waals surface area contributed by atoms with Crippen molar-refractivity contribution in [3.8, 4) is 0 Å². The summed E-state index contributed by atoms with van der Waals surface area (Å²) in [7, 11) is 0. The van der Waals surface area contributed by atoms with Crippen LogP contribution < -0.4 is 0 Å². The van der Waals surface area contributed by atoms with E-state index in [0.29, 0.717) is 5.69 Å². The molecule has 1 aromatic heterocycles. The second-order valence-corrected chi connectivity index (χ2v) is 4.78. The Morgan fingerprint density at radius 1 is 1.59 bits per heavy atom. The summed E-state index contributed by atoms with van der Waals surface area (Å²) in [4.78, 5) is 17.9. The molecule has 0 aromatic carbocycles. The third kappa shape index (κ3) is 1.93. The molecule has 0 saturated carbocycles. The fourth-order valence-corrected chi connectivity index (χ4v) is 2.63. The molecule has 1 aliphatic heterocycles. The van der Waals surface area contributed by atoms with Gasteiger partial charge in [0.15, 0.2) is 5.54 Å². The fourth-order valence-electron chi connectivity index (χ4n) is 2.63. The van der Waals surface area contributed by atoms with Crippen LogP contribution in [-0.4, -0.2) is 33.5 Å². The van der Waals surface area contributed by atoms with E-state index in [4.69, 9.17) is 0 Å². The average molecular weight is 234 g/mol. The van der Waals surface area contributed by atoms with Crippen LogP contribution in [0.25, 0.3) is 0 Å². The minimum atomic E-state index is -1.02. The smallest absolute Gasteiger partial charge is 0.330 e. The number of aromatic nitrogens is 1. The summed E-state index contributed by atoms with van der Waals surface area (Å²) < 4.78 is 0. The molecule has 4 nitrogen and oxygen atoms in total. The molecule has 1 saturated heterocycles. The Hall–Kier alpha value is -1.42. The summed E-state index contributed by atoms with van der Waals surface area (Å²) in [6.45, 7) is 4.65. The Kier molecular flexibility index (Phi) is 3.15. The van der Waals surface area contributed by atoms with Crippen LogP contribution in [0.5, 0.6) is 0 Å². The molecule has 0 amide bonds. The topological polar surface area (TPSA) is 53.4 Å². The number of carboxylic acid groups (broad SMARTS) is 1. The zero-order valence-corrected chi connectivity index (χ0v) is 10.3. The summed E-state index contributed by atoms with van der Waals surface area (Å²) in [6.07, 6.45) is 3.75. The van der Waals surface area contributed by atoms with Crippen LogP contribution in [0, 0.1) is 0 Å². The molecule has 2 unspecified atom stereocenters. The van der Waals surface area contributed by atoms with Crippen LogP contribution >= 0.6 is 0 Å². The van der Waals surface area contributed by atoms with Gasteiger partial charge in [-0.25, -0.2) is 4.79 Å². The maximum Gasteiger partial charge on any atom is 0.330 e. The predicted molar refractivity (Wildman–Crippen MR) is 64.6 cm³/mol. The lowest BCUT2D eigenvalue weighted by Gasteiger charge is -2.37. The number of carbonyl (C=O) groups is 1. The summed E-state index contributed by atoms with van der Waals surface area (Å²) in [5.74, 6) is -0.829. The van der Waals surface area contributed by atoms with Crippen molar-refractivity contribution in [3.05, 3.63) is 30.1 Å². The predicted octanol–water partition coefficient (Wildman–Crippen LogP) is 1.87. The van der Waals surface area contributed by atoms with E-state index in [0.717, 1.165) is 19.4 Å². The molecule has 0 aliphatic carbocycles. The molecule has 1 aliphatic rings. The first kappa shape index (κ1) is 12.0. The zero-order chi connectivity index (χ0) is 12.5. The van der Waals surface area contributed by atoms with Crippen molar-refractivity contribution in [2.45, 2.75) is 38.3 Å². The molecule has 1 aromatic rings. The van der Waals surface area contributed by atoms with Crippen molar-refractivity contribution in [3.63, 3.8) is 0 Å². The second-order valence-electron chi connectivity index (χ2n) is 4.78. The van der Waals surface area contributed by atoms with E-state index in [1.807, 2.05) is 11.0 Å². The third-order valence-electron chi connectivity index (χ3n) is 3.71. The number of hydrogen-bond acceptors (Lipinski definition) is 3. The van der Waals surface area contributed by atoms with Crippen molar-refractivity contribution in [2.75, 3.05) is 6.54 Å². The minimum Gasteiger partial charge on any atom is -0.480 e. The summed E-state index contributed by atoms with van der Waals surface area (Å²) in [5.41, 5.74) is -0.404. The van der Waals surface area contributed by atoms with Gasteiger partial charge in [-0.2, -0.15) is 0 Å². The molecule has 92 valence electrons. The van der Waals surface area contributed by atoms with Crippen LogP contribution in [0.4, 0.5) is 0 Å². The van der Waals surface area contributed by atoms with Crippen molar-refractivity contribution >= 4 is 5.97 Å². The van der Waals surface area contributed by atoms with E-state index in [9.17, 15) is 9.90 Å². The number of rotatable bonds is 3. The van der Waals surface area contributed by atoms with Gasteiger partial charge < -0.3 is 5.11 Å². The van der Waals surface area contributed by atoms with Gasteiger partial charge in [0.05, 0.1) is 5.69 Å². The first-order valence-corrected chi connectivity index (χ1v) is 5.98. The van der Waals surface area contributed by atoms with Gasteiger partial charge in [-0.15, -0.1) is 0 Å². The van der Waals surface area contributed by atoms with Gasteiger partial charge in [0, 0.05) is 12.2 Å². The monoisotopic (exact) mass is 234 g/mol. The average Bonchev–Trinajstić information content (AvgIpc) is 2.76. The number of carboxylic acids is 1. The van der Waals surface area contributed by atoms with Crippen LogP contribution in [0.1, 0.15) is 32.4 Å². The van der Waals surface area contributed by atoms with Gasteiger partial charge in [0.2, 0.25) is 0 Å². The van der Waals surface area contributed by atoms with Crippen LogP contribution in [-0.2, 0) is 10.3 Å². The van der Waals surface area contributed by atoms with Crippen LogP contribution in [0.3, 0.4) is 0 Å². The Balaban J connectivity index is 2.43. The molecule has 4 heteroatoms. The van der Waals surface area contributed by atoms with Gasteiger partial charge in [-0.05, 0) is 45.4 Å². The van der Waals surface area contributed by atoms with Crippen LogP contribution in [0.2, 0.25) is 0 Å². The Labute approximate surface area is 101 Å². The maximum absolute atomic E-state index is 11.7.